The number of nitro benzene ring substituents is 2. The molecule has 182 valence electrons. The molecule has 0 saturated heterocycles. The van der Waals surface area contributed by atoms with Gasteiger partial charge in [0.15, 0.2) is 11.5 Å². The van der Waals surface area contributed by atoms with Gasteiger partial charge in [0.1, 0.15) is 11.7 Å². The SMILES string of the molecule is COc1ccc([C@H](CN)C(=O)NC(=O)[C@H](C)Nc2cc(F)c([N+](=O)[O-])cc2[N+](=O)[O-])cc1OC. The van der Waals surface area contributed by atoms with Gasteiger partial charge in [-0.1, -0.05) is 6.07 Å². The lowest BCUT2D eigenvalue weighted by Crippen LogP contribution is -2.44. The highest BCUT2D eigenvalue weighted by atomic mass is 19.1. The van der Waals surface area contributed by atoms with E-state index in [0.717, 1.165) is 0 Å². The van der Waals surface area contributed by atoms with E-state index in [1.54, 1.807) is 12.1 Å². The maximum absolute atomic E-state index is 14.0. The van der Waals surface area contributed by atoms with Crippen LogP contribution >= 0.6 is 0 Å². The third kappa shape index (κ3) is 5.72. The number of nitrogens with one attached hydrogen (secondary N) is 2. The Bertz CT molecular complexity index is 1130. The molecule has 0 bridgehead atoms. The number of carbonyl (C=O) groups is 2. The molecule has 0 unspecified atom stereocenters. The van der Waals surface area contributed by atoms with Gasteiger partial charge in [0.25, 0.3) is 5.69 Å². The summed E-state index contributed by atoms with van der Waals surface area (Å²) in [5, 5.41) is 26.6. The molecule has 0 saturated carbocycles. The zero-order chi connectivity index (χ0) is 25.6. The van der Waals surface area contributed by atoms with Gasteiger partial charge < -0.3 is 20.5 Å². The summed E-state index contributed by atoms with van der Waals surface area (Å²) in [6, 6.07) is 4.40. The van der Waals surface area contributed by atoms with Gasteiger partial charge in [-0.3, -0.25) is 35.1 Å². The van der Waals surface area contributed by atoms with Crippen molar-refractivity contribution in [2.24, 2.45) is 5.73 Å². The number of hydrogen-bond acceptors (Lipinski definition) is 10. The fourth-order valence-electron chi connectivity index (χ4n) is 3.04. The van der Waals surface area contributed by atoms with E-state index in [4.69, 9.17) is 15.2 Å². The number of nitrogens with zero attached hydrogens (tertiary/aromatic N) is 2. The first-order valence-corrected chi connectivity index (χ1v) is 9.69. The minimum absolute atomic E-state index is 0.157. The second kappa shape index (κ2) is 11.0. The molecule has 0 radical (unpaired) electrons. The first-order valence-electron chi connectivity index (χ1n) is 9.69. The molecule has 0 aliphatic carbocycles. The van der Waals surface area contributed by atoms with E-state index >= 15 is 0 Å². The number of imide groups is 1. The lowest BCUT2D eigenvalue weighted by atomic mass is 9.97. The molecule has 0 aromatic heterocycles. The van der Waals surface area contributed by atoms with Crippen molar-refractivity contribution in [2.45, 2.75) is 18.9 Å². The van der Waals surface area contributed by atoms with Crippen molar-refractivity contribution in [3.8, 4) is 11.5 Å². The molecular formula is C20H22FN5O8. The van der Waals surface area contributed by atoms with Crippen LogP contribution < -0.4 is 25.8 Å². The number of ether oxygens (including phenoxy) is 2. The van der Waals surface area contributed by atoms with Gasteiger partial charge >= 0.3 is 5.69 Å². The fraction of sp³-hybridized carbons (Fsp3) is 0.300. The Labute approximate surface area is 192 Å². The highest BCUT2D eigenvalue weighted by Gasteiger charge is 2.28. The maximum atomic E-state index is 14.0. The topological polar surface area (TPSA) is 189 Å². The summed E-state index contributed by atoms with van der Waals surface area (Å²) in [5.74, 6) is -3.15. The smallest absolute Gasteiger partial charge is 0.311 e. The van der Waals surface area contributed by atoms with Crippen LogP contribution in [0.4, 0.5) is 21.5 Å². The summed E-state index contributed by atoms with van der Waals surface area (Å²) in [6.07, 6.45) is 0. The van der Waals surface area contributed by atoms with E-state index in [9.17, 15) is 34.2 Å². The Hall–Kier alpha value is -4.33. The third-order valence-corrected chi connectivity index (χ3v) is 4.83. The number of benzene rings is 2. The number of rotatable bonds is 10. The summed E-state index contributed by atoms with van der Waals surface area (Å²) in [4.78, 5) is 45.2. The van der Waals surface area contributed by atoms with E-state index in [2.05, 4.69) is 10.6 Å². The van der Waals surface area contributed by atoms with Crippen molar-refractivity contribution >= 4 is 28.9 Å². The molecular weight excluding hydrogens is 457 g/mol. The molecule has 4 N–H and O–H groups in total. The molecule has 2 aromatic rings. The van der Waals surface area contributed by atoms with E-state index in [1.165, 1.54) is 27.2 Å². The lowest BCUT2D eigenvalue weighted by molar-refractivity contribution is -0.395. The van der Waals surface area contributed by atoms with Crippen molar-refractivity contribution in [1.82, 2.24) is 5.32 Å². The second-order valence-corrected chi connectivity index (χ2v) is 6.96. The molecule has 0 spiro atoms. The Morgan fingerprint density at radius 1 is 1.03 bits per heavy atom. The Kier molecular flexibility index (Phi) is 8.39. The average Bonchev–Trinajstić information content (AvgIpc) is 2.78. The van der Waals surface area contributed by atoms with Crippen molar-refractivity contribution in [2.75, 3.05) is 26.1 Å². The molecule has 0 heterocycles. The quantitative estimate of drug-likeness (QED) is 0.335. The molecule has 13 nitrogen and oxygen atoms in total. The first-order chi connectivity index (χ1) is 16.0. The summed E-state index contributed by atoms with van der Waals surface area (Å²) in [6.45, 7) is 1.11. The van der Waals surface area contributed by atoms with Gasteiger partial charge in [-0.15, -0.1) is 0 Å². The van der Waals surface area contributed by atoms with Crippen LogP contribution in [0.2, 0.25) is 0 Å². The van der Waals surface area contributed by atoms with Crippen LogP contribution in [-0.2, 0) is 9.59 Å². The number of hydrogen-bond donors (Lipinski definition) is 3. The van der Waals surface area contributed by atoms with E-state index in [0.29, 0.717) is 29.2 Å². The minimum Gasteiger partial charge on any atom is -0.493 e. The number of anilines is 1. The van der Waals surface area contributed by atoms with Crippen molar-refractivity contribution in [1.29, 1.82) is 0 Å². The van der Waals surface area contributed by atoms with Crippen molar-refractivity contribution < 1.29 is 33.3 Å². The summed E-state index contributed by atoms with van der Waals surface area (Å²) in [5.41, 5.74) is 3.78. The van der Waals surface area contributed by atoms with Crippen LogP contribution in [0.25, 0.3) is 0 Å². The average molecular weight is 479 g/mol. The monoisotopic (exact) mass is 479 g/mol. The van der Waals surface area contributed by atoms with E-state index < -0.39 is 56.5 Å². The van der Waals surface area contributed by atoms with Gasteiger partial charge in [0, 0.05) is 12.6 Å². The molecule has 34 heavy (non-hydrogen) atoms. The molecule has 0 fully saturated rings. The molecule has 2 amide bonds. The number of methoxy groups -OCH3 is 2. The van der Waals surface area contributed by atoms with Crippen LogP contribution in [0.1, 0.15) is 18.4 Å². The van der Waals surface area contributed by atoms with Crippen LogP contribution in [-0.4, -0.2) is 48.5 Å². The van der Waals surface area contributed by atoms with Crippen molar-refractivity contribution in [3.05, 3.63) is 61.9 Å². The van der Waals surface area contributed by atoms with Gasteiger partial charge in [-0.25, -0.2) is 0 Å². The minimum atomic E-state index is -1.33. The Morgan fingerprint density at radius 3 is 2.18 bits per heavy atom. The number of nitro groups is 2. The van der Waals surface area contributed by atoms with E-state index in [-0.39, 0.29) is 6.54 Å². The molecule has 14 heteroatoms. The highest BCUT2D eigenvalue weighted by Crippen LogP contribution is 2.32. The van der Waals surface area contributed by atoms with Gasteiger partial charge in [-0.05, 0) is 24.6 Å². The second-order valence-electron chi connectivity index (χ2n) is 6.96. The molecule has 2 aromatic carbocycles. The first kappa shape index (κ1) is 25.9. The molecule has 0 aliphatic rings. The van der Waals surface area contributed by atoms with Crippen LogP contribution in [0.3, 0.4) is 0 Å². The summed E-state index contributed by atoms with van der Waals surface area (Å²) in [7, 11) is 2.86. The number of nitrogens with two attached hydrogens (primary N) is 1. The predicted molar refractivity (Wildman–Crippen MR) is 117 cm³/mol. The molecule has 0 aliphatic heterocycles. The maximum Gasteiger partial charge on any atom is 0.311 e. The van der Waals surface area contributed by atoms with Gasteiger partial charge in [0.2, 0.25) is 17.6 Å². The number of halogens is 1. The zero-order valence-corrected chi connectivity index (χ0v) is 18.4. The standard InChI is InChI=1S/C20H22FN5O8/c1-10(23-14-7-13(21)15(25(29)30)8-16(14)26(31)32)19(27)24-20(28)12(9-22)11-4-5-17(33-2)18(6-11)34-3/h4-8,10,12,23H,9,22H2,1-3H3,(H,24,27,28)/t10-,12-/m0/s1. The molecule has 2 atom stereocenters. The third-order valence-electron chi connectivity index (χ3n) is 4.83. The van der Waals surface area contributed by atoms with Gasteiger partial charge in [0.05, 0.1) is 36.1 Å². The fourth-order valence-corrected chi connectivity index (χ4v) is 3.04. The van der Waals surface area contributed by atoms with Crippen LogP contribution in [0, 0.1) is 26.0 Å². The Morgan fingerprint density at radius 2 is 1.65 bits per heavy atom. The lowest BCUT2D eigenvalue weighted by Gasteiger charge is -2.19. The zero-order valence-electron chi connectivity index (χ0n) is 18.4. The molecule has 2 rings (SSSR count). The largest absolute Gasteiger partial charge is 0.493 e. The van der Waals surface area contributed by atoms with Gasteiger partial charge in [-0.2, -0.15) is 4.39 Å². The highest BCUT2D eigenvalue weighted by molar-refractivity contribution is 6.01. The van der Waals surface area contributed by atoms with Crippen LogP contribution in [0.5, 0.6) is 11.5 Å². The Balaban J connectivity index is 2.20. The normalized spacial score (nSPS) is 12.3. The predicted octanol–water partition coefficient (Wildman–Crippen LogP) is 1.84. The number of carbonyl (C=O) groups excluding carboxylic acids is 2. The summed E-state index contributed by atoms with van der Waals surface area (Å²) < 4.78 is 24.3. The van der Waals surface area contributed by atoms with Crippen LogP contribution in [0.15, 0.2) is 30.3 Å². The van der Waals surface area contributed by atoms with E-state index in [1.807, 2.05) is 0 Å². The van der Waals surface area contributed by atoms with Crippen molar-refractivity contribution in [3.63, 3.8) is 0 Å². The summed E-state index contributed by atoms with van der Waals surface area (Å²) >= 11 is 0. The number of amides is 2.